The minimum absolute atomic E-state index is 0. The quantitative estimate of drug-likeness (QED) is 0.899. The number of rotatable bonds is 5. The molecule has 1 saturated heterocycles. The van der Waals surface area contributed by atoms with Gasteiger partial charge in [0.05, 0.1) is 20.3 Å². The van der Waals surface area contributed by atoms with E-state index in [0.717, 1.165) is 37.7 Å². The van der Waals surface area contributed by atoms with E-state index < -0.39 is 0 Å². The van der Waals surface area contributed by atoms with Gasteiger partial charge in [0.25, 0.3) is 0 Å². The Morgan fingerprint density at radius 1 is 1.00 bits per heavy atom. The van der Waals surface area contributed by atoms with E-state index in [1.165, 1.54) is 11.1 Å². The van der Waals surface area contributed by atoms with Gasteiger partial charge in [-0.25, -0.2) is 0 Å². The fourth-order valence-electron chi connectivity index (χ4n) is 3.24. The lowest BCUT2D eigenvalue weighted by molar-refractivity contribution is 0.149. The number of hydrogen-bond acceptors (Lipinski definition) is 4. The molecule has 0 bridgehead atoms. The highest BCUT2D eigenvalue weighted by molar-refractivity contribution is 5.85. The Morgan fingerprint density at radius 2 is 1.67 bits per heavy atom. The predicted octanol–water partition coefficient (Wildman–Crippen LogP) is 3.27. The van der Waals surface area contributed by atoms with Crippen LogP contribution in [0.5, 0.6) is 11.5 Å². The second kappa shape index (κ2) is 8.92. The molecule has 0 saturated carbocycles. The Hall–Kier alpha value is -1.75. The van der Waals surface area contributed by atoms with Crippen LogP contribution in [-0.4, -0.2) is 38.8 Å². The molecule has 1 aliphatic heterocycles. The van der Waals surface area contributed by atoms with Crippen molar-refractivity contribution in [3.63, 3.8) is 0 Å². The number of hydrogen-bond donors (Lipinski definition) is 1. The second-order valence-electron chi connectivity index (χ2n) is 5.74. The standard InChI is InChI=1S/C19H24N2O2.ClH/c1-22-18-9-5-3-7-15(18)14-21-12-11-20-13-17(21)16-8-4-6-10-19(16)23-2;/h3-10,17,20H,11-14H2,1-2H3;1H. The smallest absolute Gasteiger partial charge is 0.123 e. The van der Waals surface area contributed by atoms with Gasteiger partial charge in [-0.1, -0.05) is 36.4 Å². The van der Waals surface area contributed by atoms with Crippen LogP contribution in [0.3, 0.4) is 0 Å². The van der Waals surface area contributed by atoms with Crippen molar-refractivity contribution in [3.05, 3.63) is 59.7 Å². The van der Waals surface area contributed by atoms with Crippen molar-refractivity contribution >= 4 is 12.4 Å². The highest BCUT2D eigenvalue weighted by atomic mass is 35.5. The SMILES string of the molecule is COc1ccccc1CN1CCNCC1c1ccccc1OC.Cl. The molecule has 2 aromatic carbocycles. The third kappa shape index (κ3) is 4.01. The van der Waals surface area contributed by atoms with Gasteiger partial charge in [0.2, 0.25) is 0 Å². The molecule has 1 unspecified atom stereocenters. The second-order valence-corrected chi connectivity index (χ2v) is 5.74. The van der Waals surface area contributed by atoms with E-state index >= 15 is 0 Å². The molecule has 1 atom stereocenters. The molecule has 1 aliphatic rings. The van der Waals surface area contributed by atoms with Crippen LogP contribution < -0.4 is 14.8 Å². The fourth-order valence-corrected chi connectivity index (χ4v) is 3.24. The summed E-state index contributed by atoms with van der Waals surface area (Å²) in [6, 6.07) is 16.8. The minimum atomic E-state index is 0. The van der Waals surface area contributed by atoms with Gasteiger partial charge in [0, 0.05) is 37.3 Å². The molecule has 4 nitrogen and oxygen atoms in total. The molecule has 3 rings (SSSR count). The third-order valence-electron chi connectivity index (χ3n) is 4.42. The van der Waals surface area contributed by atoms with E-state index in [2.05, 4.69) is 34.5 Å². The van der Waals surface area contributed by atoms with E-state index in [0.29, 0.717) is 6.04 Å². The van der Waals surface area contributed by atoms with Crippen LogP contribution in [0.1, 0.15) is 17.2 Å². The number of nitrogens with one attached hydrogen (secondary N) is 1. The van der Waals surface area contributed by atoms with Crippen LogP contribution in [0, 0.1) is 0 Å². The highest BCUT2D eigenvalue weighted by Gasteiger charge is 2.26. The van der Waals surface area contributed by atoms with Crippen LogP contribution in [0.4, 0.5) is 0 Å². The summed E-state index contributed by atoms with van der Waals surface area (Å²) in [5.74, 6) is 1.90. The average Bonchev–Trinajstić information content (AvgIpc) is 2.62. The first-order valence-corrected chi connectivity index (χ1v) is 8.03. The molecule has 0 aromatic heterocycles. The van der Waals surface area contributed by atoms with Crippen molar-refractivity contribution < 1.29 is 9.47 Å². The fraction of sp³-hybridized carbons (Fsp3) is 0.368. The normalized spacial score (nSPS) is 17.8. The molecule has 1 heterocycles. The van der Waals surface area contributed by atoms with Crippen molar-refractivity contribution in [3.8, 4) is 11.5 Å². The van der Waals surface area contributed by atoms with Gasteiger partial charge < -0.3 is 14.8 Å². The van der Waals surface area contributed by atoms with Crippen molar-refractivity contribution in [2.75, 3.05) is 33.9 Å². The summed E-state index contributed by atoms with van der Waals surface area (Å²) in [5.41, 5.74) is 2.45. The monoisotopic (exact) mass is 348 g/mol. The lowest BCUT2D eigenvalue weighted by Crippen LogP contribution is -2.45. The molecule has 24 heavy (non-hydrogen) atoms. The Balaban J connectivity index is 0.00000208. The van der Waals surface area contributed by atoms with Gasteiger partial charge in [0.1, 0.15) is 11.5 Å². The molecule has 0 aliphatic carbocycles. The summed E-state index contributed by atoms with van der Waals surface area (Å²) < 4.78 is 11.1. The lowest BCUT2D eigenvalue weighted by Gasteiger charge is -2.37. The first-order chi connectivity index (χ1) is 11.3. The van der Waals surface area contributed by atoms with Crippen LogP contribution in [-0.2, 0) is 6.54 Å². The maximum atomic E-state index is 5.56. The molecule has 0 amide bonds. The molecule has 2 aromatic rings. The van der Waals surface area contributed by atoms with Gasteiger partial charge >= 0.3 is 0 Å². The molecular weight excluding hydrogens is 324 g/mol. The first-order valence-electron chi connectivity index (χ1n) is 8.03. The maximum Gasteiger partial charge on any atom is 0.123 e. The molecule has 1 N–H and O–H groups in total. The van der Waals surface area contributed by atoms with E-state index in [9.17, 15) is 0 Å². The zero-order valence-corrected chi connectivity index (χ0v) is 15.0. The van der Waals surface area contributed by atoms with Crippen LogP contribution >= 0.6 is 12.4 Å². The maximum absolute atomic E-state index is 5.56. The molecule has 0 spiro atoms. The first kappa shape index (κ1) is 18.6. The van der Waals surface area contributed by atoms with Crippen molar-refractivity contribution in [1.82, 2.24) is 10.2 Å². The Morgan fingerprint density at radius 3 is 2.42 bits per heavy atom. The van der Waals surface area contributed by atoms with E-state index in [-0.39, 0.29) is 12.4 Å². The van der Waals surface area contributed by atoms with Gasteiger partial charge in [-0.3, -0.25) is 4.90 Å². The summed E-state index contributed by atoms with van der Waals surface area (Å²) in [6.07, 6.45) is 0. The minimum Gasteiger partial charge on any atom is -0.496 e. The number of ether oxygens (including phenoxy) is 2. The zero-order chi connectivity index (χ0) is 16.1. The summed E-state index contributed by atoms with van der Waals surface area (Å²) in [4.78, 5) is 2.49. The van der Waals surface area contributed by atoms with E-state index in [1.807, 2.05) is 24.3 Å². The Kier molecular flexibility index (Phi) is 6.91. The van der Waals surface area contributed by atoms with Crippen molar-refractivity contribution in [2.24, 2.45) is 0 Å². The molecule has 130 valence electrons. The predicted molar refractivity (Wildman–Crippen MR) is 99.3 cm³/mol. The van der Waals surface area contributed by atoms with Crippen LogP contribution in [0.15, 0.2) is 48.5 Å². The summed E-state index contributed by atoms with van der Waals surface area (Å²) in [5, 5.41) is 3.50. The summed E-state index contributed by atoms with van der Waals surface area (Å²) in [6.45, 7) is 3.80. The van der Waals surface area contributed by atoms with Gasteiger partial charge in [-0.2, -0.15) is 0 Å². The largest absolute Gasteiger partial charge is 0.496 e. The summed E-state index contributed by atoms with van der Waals surface area (Å²) >= 11 is 0. The van der Waals surface area contributed by atoms with Gasteiger partial charge in [-0.05, 0) is 12.1 Å². The number of nitrogens with zero attached hydrogens (tertiary/aromatic N) is 1. The molecule has 5 heteroatoms. The van der Waals surface area contributed by atoms with Crippen molar-refractivity contribution in [2.45, 2.75) is 12.6 Å². The average molecular weight is 349 g/mol. The third-order valence-corrected chi connectivity index (χ3v) is 4.42. The van der Waals surface area contributed by atoms with E-state index in [1.54, 1.807) is 14.2 Å². The Labute approximate surface area is 150 Å². The number of benzene rings is 2. The number of para-hydroxylation sites is 2. The molecular formula is C19H25ClN2O2. The summed E-state index contributed by atoms with van der Waals surface area (Å²) in [7, 11) is 3.47. The molecule has 1 fully saturated rings. The Bertz CT molecular complexity index is 651. The van der Waals surface area contributed by atoms with Crippen LogP contribution in [0.25, 0.3) is 0 Å². The van der Waals surface area contributed by atoms with Gasteiger partial charge in [0.15, 0.2) is 0 Å². The highest BCUT2D eigenvalue weighted by Crippen LogP contribution is 2.32. The topological polar surface area (TPSA) is 33.7 Å². The number of methoxy groups -OCH3 is 2. The van der Waals surface area contributed by atoms with Gasteiger partial charge in [-0.15, -0.1) is 12.4 Å². The van der Waals surface area contributed by atoms with Crippen molar-refractivity contribution in [1.29, 1.82) is 0 Å². The van der Waals surface area contributed by atoms with E-state index in [4.69, 9.17) is 9.47 Å². The number of piperazine rings is 1. The zero-order valence-electron chi connectivity index (χ0n) is 14.2. The number of halogens is 1. The molecule has 0 radical (unpaired) electrons. The lowest BCUT2D eigenvalue weighted by atomic mass is 10.0. The van der Waals surface area contributed by atoms with Crippen LogP contribution in [0.2, 0.25) is 0 Å².